The van der Waals surface area contributed by atoms with E-state index < -0.39 is 17.5 Å². The van der Waals surface area contributed by atoms with Crippen molar-refractivity contribution in [3.63, 3.8) is 0 Å². The van der Waals surface area contributed by atoms with Gasteiger partial charge in [-0.2, -0.15) is 0 Å². The largest absolute Gasteiger partial charge is 0.322 e. The molecule has 0 aromatic heterocycles. The minimum atomic E-state index is -1.04. The number of carbonyl (C=O) groups excluding carboxylic acids is 1. The van der Waals surface area contributed by atoms with Gasteiger partial charge in [-0.05, 0) is 42.8 Å². The van der Waals surface area contributed by atoms with Gasteiger partial charge in [0.1, 0.15) is 0 Å². The summed E-state index contributed by atoms with van der Waals surface area (Å²) in [6.45, 7) is 1.84. The van der Waals surface area contributed by atoms with Gasteiger partial charge >= 0.3 is 0 Å². The highest BCUT2D eigenvalue weighted by Gasteiger charge is 2.11. The normalized spacial score (nSPS) is 10.3. The molecule has 0 spiro atoms. The SMILES string of the molecule is Cc1ccc(Br)cc1NC(=O)c1ccc(F)c(F)c1. The maximum atomic E-state index is 13.1. The highest BCUT2D eigenvalue weighted by molar-refractivity contribution is 9.10. The third-order valence-corrected chi connectivity index (χ3v) is 3.12. The summed E-state index contributed by atoms with van der Waals surface area (Å²) in [7, 11) is 0. The number of aryl methyl sites for hydroxylation is 1. The second-order valence-corrected chi connectivity index (χ2v) is 4.96. The highest BCUT2D eigenvalue weighted by atomic mass is 79.9. The van der Waals surface area contributed by atoms with Crippen LogP contribution in [0.2, 0.25) is 0 Å². The molecule has 2 rings (SSSR count). The molecule has 19 heavy (non-hydrogen) atoms. The first-order chi connectivity index (χ1) is 8.97. The van der Waals surface area contributed by atoms with E-state index in [0.717, 1.165) is 22.2 Å². The van der Waals surface area contributed by atoms with Crippen molar-refractivity contribution in [3.8, 4) is 0 Å². The molecule has 98 valence electrons. The monoisotopic (exact) mass is 325 g/mol. The molecule has 1 amide bonds. The average Bonchev–Trinajstić information content (AvgIpc) is 2.37. The molecule has 2 aromatic rings. The topological polar surface area (TPSA) is 29.1 Å². The van der Waals surface area contributed by atoms with Crippen molar-refractivity contribution in [1.82, 2.24) is 0 Å². The Balaban J connectivity index is 2.25. The van der Waals surface area contributed by atoms with Crippen molar-refractivity contribution in [2.75, 3.05) is 5.32 Å². The molecule has 1 N–H and O–H groups in total. The van der Waals surface area contributed by atoms with Crippen molar-refractivity contribution in [3.05, 3.63) is 63.6 Å². The van der Waals surface area contributed by atoms with E-state index in [1.54, 1.807) is 6.07 Å². The fourth-order valence-electron chi connectivity index (χ4n) is 1.56. The second kappa shape index (κ2) is 5.48. The fourth-order valence-corrected chi connectivity index (χ4v) is 1.92. The van der Waals surface area contributed by atoms with E-state index in [1.807, 2.05) is 19.1 Å². The second-order valence-electron chi connectivity index (χ2n) is 4.04. The molecule has 0 fully saturated rings. The predicted octanol–water partition coefficient (Wildman–Crippen LogP) is 4.29. The van der Waals surface area contributed by atoms with Gasteiger partial charge in [0.2, 0.25) is 0 Å². The average molecular weight is 326 g/mol. The molecule has 0 unspecified atom stereocenters. The molecule has 5 heteroatoms. The number of nitrogens with one attached hydrogen (secondary N) is 1. The van der Waals surface area contributed by atoms with Crippen molar-refractivity contribution in [1.29, 1.82) is 0 Å². The summed E-state index contributed by atoms with van der Waals surface area (Å²) in [5, 5.41) is 2.66. The van der Waals surface area contributed by atoms with Crippen LogP contribution in [0.4, 0.5) is 14.5 Å². The summed E-state index contributed by atoms with van der Waals surface area (Å²) < 4.78 is 26.7. The molecule has 2 aromatic carbocycles. The Morgan fingerprint density at radius 2 is 1.84 bits per heavy atom. The molecule has 0 heterocycles. The van der Waals surface area contributed by atoms with E-state index in [9.17, 15) is 13.6 Å². The molecule has 0 aliphatic heterocycles. The Morgan fingerprint density at radius 3 is 2.53 bits per heavy atom. The zero-order valence-electron chi connectivity index (χ0n) is 10.0. The molecule has 0 aliphatic rings. The molecule has 0 saturated carbocycles. The maximum Gasteiger partial charge on any atom is 0.255 e. The molecule has 0 aliphatic carbocycles. The van der Waals surface area contributed by atoms with E-state index in [1.165, 1.54) is 6.07 Å². The highest BCUT2D eigenvalue weighted by Crippen LogP contribution is 2.21. The molecule has 2 nitrogen and oxygen atoms in total. The number of hydrogen-bond acceptors (Lipinski definition) is 1. The van der Waals surface area contributed by atoms with Crippen molar-refractivity contribution < 1.29 is 13.6 Å². The molecule has 0 atom stereocenters. The van der Waals surface area contributed by atoms with Crippen LogP contribution in [0.3, 0.4) is 0 Å². The molecule has 0 bridgehead atoms. The maximum absolute atomic E-state index is 13.1. The van der Waals surface area contributed by atoms with Crippen molar-refractivity contribution >= 4 is 27.5 Å². The van der Waals surface area contributed by atoms with Gasteiger partial charge in [-0.3, -0.25) is 4.79 Å². The lowest BCUT2D eigenvalue weighted by Gasteiger charge is -2.09. The van der Waals surface area contributed by atoms with E-state index in [2.05, 4.69) is 21.2 Å². The van der Waals surface area contributed by atoms with E-state index >= 15 is 0 Å². The standard InChI is InChI=1S/C14H10BrF2NO/c1-8-2-4-10(15)7-13(8)18-14(19)9-3-5-11(16)12(17)6-9/h2-7H,1H3,(H,18,19). The summed E-state index contributed by atoms with van der Waals surface area (Å²) in [5.74, 6) is -2.51. The van der Waals surface area contributed by atoms with Crippen molar-refractivity contribution in [2.24, 2.45) is 0 Å². The van der Waals surface area contributed by atoms with Gasteiger partial charge in [0.05, 0.1) is 0 Å². The number of benzene rings is 2. The summed E-state index contributed by atoms with van der Waals surface area (Å²) in [6, 6.07) is 8.47. The van der Waals surface area contributed by atoms with Gasteiger partial charge in [0, 0.05) is 15.7 Å². The van der Waals surface area contributed by atoms with Gasteiger partial charge in [-0.25, -0.2) is 8.78 Å². The summed E-state index contributed by atoms with van der Waals surface area (Å²) in [4.78, 5) is 11.9. The van der Waals surface area contributed by atoms with Gasteiger partial charge in [0.15, 0.2) is 11.6 Å². The van der Waals surface area contributed by atoms with Crippen LogP contribution in [0.5, 0.6) is 0 Å². The third kappa shape index (κ3) is 3.17. The summed E-state index contributed by atoms with van der Waals surface area (Å²) >= 11 is 3.30. The summed E-state index contributed by atoms with van der Waals surface area (Å²) in [6.07, 6.45) is 0. The van der Waals surface area contributed by atoms with Crippen LogP contribution in [0.25, 0.3) is 0 Å². The first-order valence-corrected chi connectivity index (χ1v) is 6.29. The van der Waals surface area contributed by atoms with Gasteiger partial charge in [0.25, 0.3) is 5.91 Å². The minimum Gasteiger partial charge on any atom is -0.322 e. The molecule has 0 radical (unpaired) electrons. The minimum absolute atomic E-state index is 0.0678. The van der Waals surface area contributed by atoms with Crippen LogP contribution < -0.4 is 5.32 Å². The van der Waals surface area contributed by atoms with E-state index in [-0.39, 0.29) is 5.56 Å². The number of halogens is 3. The Labute approximate surface area is 117 Å². The number of amides is 1. The zero-order chi connectivity index (χ0) is 14.0. The Kier molecular flexibility index (Phi) is 3.95. The molecule has 0 saturated heterocycles. The first kappa shape index (κ1) is 13.7. The summed E-state index contributed by atoms with van der Waals surface area (Å²) in [5.41, 5.74) is 1.56. The van der Waals surface area contributed by atoms with Crippen LogP contribution in [-0.4, -0.2) is 5.91 Å². The number of hydrogen-bond donors (Lipinski definition) is 1. The van der Waals surface area contributed by atoms with Crippen LogP contribution in [0, 0.1) is 18.6 Å². The number of anilines is 1. The Hall–Kier alpha value is -1.75. The van der Waals surface area contributed by atoms with Crippen LogP contribution in [0.15, 0.2) is 40.9 Å². The van der Waals surface area contributed by atoms with E-state index in [0.29, 0.717) is 5.69 Å². The van der Waals surface area contributed by atoms with E-state index in [4.69, 9.17) is 0 Å². The number of carbonyl (C=O) groups is 1. The lowest BCUT2D eigenvalue weighted by molar-refractivity contribution is 0.102. The lowest BCUT2D eigenvalue weighted by Crippen LogP contribution is -2.13. The first-order valence-electron chi connectivity index (χ1n) is 5.50. The van der Waals surface area contributed by atoms with Crippen molar-refractivity contribution in [2.45, 2.75) is 6.92 Å². The Morgan fingerprint density at radius 1 is 1.11 bits per heavy atom. The fraction of sp³-hybridized carbons (Fsp3) is 0.0714. The Bertz CT molecular complexity index is 643. The quantitative estimate of drug-likeness (QED) is 0.876. The smallest absolute Gasteiger partial charge is 0.255 e. The molecular formula is C14H10BrF2NO. The van der Waals surface area contributed by atoms with Crippen LogP contribution >= 0.6 is 15.9 Å². The third-order valence-electron chi connectivity index (χ3n) is 2.63. The molecular weight excluding hydrogens is 316 g/mol. The predicted molar refractivity (Wildman–Crippen MR) is 73.2 cm³/mol. The van der Waals surface area contributed by atoms with Crippen LogP contribution in [-0.2, 0) is 0 Å². The zero-order valence-corrected chi connectivity index (χ0v) is 11.6. The number of rotatable bonds is 2. The van der Waals surface area contributed by atoms with Crippen LogP contribution in [0.1, 0.15) is 15.9 Å². The van der Waals surface area contributed by atoms with Gasteiger partial charge in [-0.1, -0.05) is 22.0 Å². The van der Waals surface area contributed by atoms with Gasteiger partial charge < -0.3 is 5.32 Å². The van der Waals surface area contributed by atoms with Gasteiger partial charge in [-0.15, -0.1) is 0 Å². The lowest BCUT2D eigenvalue weighted by atomic mass is 10.1.